The van der Waals surface area contributed by atoms with Crippen LogP contribution in [0.4, 0.5) is 4.39 Å². The number of ether oxygens (including phenoxy) is 1. The average Bonchev–Trinajstić information content (AvgIpc) is 3.43. The Balaban J connectivity index is 1.64. The van der Waals surface area contributed by atoms with E-state index in [0.29, 0.717) is 36.5 Å². The molecule has 2 atom stereocenters. The van der Waals surface area contributed by atoms with E-state index >= 15 is 0 Å². The number of amides is 1. The first-order chi connectivity index (χ1) is 12.5. The van der Waals surface area contributed by atoms with Gasteiger partial charge in [-0.1, -0.05) is 19.3 Å². The van der Waals surface area contributed by atoms with Gasteiger partial charge in [0.1, 0.15) is 5.82 Å². The lowest BCUT2D eigenvalue weighted by Gasteiger charge is -2.23. The fourth-order valence-electron chi connectivity index (χ4n) is 3.47. The van der Waals surface area contributed by atoms with Gasteiger partial charge in [0.05, 0.1) is 12.5 Å². The quantitative estimate of drug-likeness (QED) is 0.727. The second-order valence-electron chi connectivity index (χ2n) is 7.43. The van der Waals surface area contributed by atoms with E-state index in [2.05, 4.69) is 5.32 Å². The summed E-state index contributed by atoms with van der Waals surface area (Å²) in [5, 5.41) is 12.3. The highest BCUT2D eigenvalue weighted by atomic mass is 19.1. The highest BCUT2D eigenvalue weighted by molar-refractivity contribution is 5.94. The molecule has 0 unspecified atom stereocenters. The van der Waals surface area contributed by atoms with Gasteiger partial charge in [0.25, 0.3) is 5.91 Å². The maximum atomic E-state index is 14.0. The van der Waals surface area contributed by atoms with Crippen molar-refractivity contribution in [3.8, 4) is 0 Å². The molecule has 3 rings (SSSR count). The van der Waals surface area contributed by atoms with Crippen molar-refractivity contribution in [3.63, 3.8) is 0 Å². The molecule has 142 valence electrons. The summed E-state index contributed by atoms with van der Waals surface area (Å²) in [4.78, 5) is 24.1. The predicted molar refractivity (Wildman–Crippen MR) is 94.2 cm³/mol. The molecule has 0 radical (unpaired) electrons. The molecule has 0 saturated heterocycles. The van der Waals surface area contributed by atoms with Crippen LogP contribution in [0.5, 0.6) is 0 Å². The molecule has 0 bridgehead atoms. The minimum Gasteiger partial charge on any atom is -0.481 e. The number of carbonyl (C=O) groups is 2. The summed E-state index contributed by atoms with van der Waals surface area (Å²) in [6.45, 7) is 0.767. The maximum Gasteiger partial charge on any atom is 0.308 e. The van der Waals surface area contributed by atoms with Crippen LogP contribution in [0.1, 0.15) is 60.9 Å². The number of rotatable bonds is 7. The van der Waals surface area contributed by atoms with Gasteiger partial charge < -0.3 is 15.2 Å². The van der Waals surface area contributed by atoms with Crippen LogP contribution in [0.15, 0.2) is 18.2 Å². The van der Waals surface area contributed by atoms with Crippen LogP contribution >= 0.6 is 0 Å². The van der Waals surface area contributed by atoms with Gasteiger partial charge in [0, 0.05) is 23.8 Å². The molecule has 2 saturated carbocycles. The van der Waals surface area contributed by atoms with Gasteiger partial charge in [0.2, 0.25) is 0 Å². The van der Waals surface area contributed by atoms with E-state index in [-0.39, 0.29) is 18.6 Å². The lowest BCUT2D eigenvalue weighted by molar-refractivity contribution is -0.142. The van der Waals surface area contributed by atoms with Gasteiger partial charge in [-0.2, -0.15) is 0 Å². The van der Waals surface area contributed by atoms with E-state index < -0.39 is 17.7 Å². The fourth-order valence-corrected chi connectivity index (χ4v) is 3.47. The lowest BCUT2D eigenvalue weighted by atomic mass is 9.94. The molecule has 1 amide bonds. The molecule has 0 heterocycles. The first-order valence-electron chi connectivity index (χ1n) is 9.44. The Morgan fingerprint density at radius 3 is 2.65 bits per heavy atom. The Morgan fingerprint density at radius 1 is 1.15 bits per heavy atom. The van der Waals surface area contributed by atoms with Crippen LogP contribution in [-0.2, 0) is 16.1 Å². The first-order valence-corrected chi connectivity index (χ1v) is 9.44. The normalized spacial score (nSPS) is 23.3. The monoisotopic (exact) mass is 363 g/mol. The number of carboxylic acid groups (broad SMARTS) is 1. The van der Waals surface area contributed by atoms with E-state index in [0.717, 1.165) is 32.1 Å². The third kappa shape index (κ3) is 5.04. The number of nitrogens with one attached hydrogen (secondary N) is 1. The Labute approximate surface area is 152 Å². The minimum atomic E-state index is -0.870. The van der Waals surface area contributed by atoms with Crippen LogP contribution in [-0.4, -0.2) is 29.6 Å². The molecule has 2 aliphatic rings. The predicted octanol–water partition coefficient (Wildman–Crippen LogP) is 3.52. The number of carbonyl (C=O) groups excluding carboxylic acids is 1. The molecule has 0 spiro atoms. The van der Waals surface area contributed by atoms with Crippen LogP contribution in [0.2, 0.25) is 0 Å². The largest absolute Gasteiger partial charge is 0.481 e. The SMILES string of the molecule is O=C(N[C@@H]1CCCCC[C@@H]1C(=O)O)c1ccc(F)c(COCC2CC2)c1. The summed E-state index contributed by atoms with van der Waals surface area (Å²) < 4.78 is 19.5. The lowest BCUT2D eigenvalue weighted by Crippen LogP contribution is -2.42. The molecule has 2 aliphatic carbocycles. The van der Waals surface area contributed by atoms with Gasteiger partial charge in [-0.05, 0) is 49.8 Å². The number of halogens is 1. The molecule has 2 fully saturated rings. The summed E-state index contributed by atoms with van der Waals surface area (Å²) in [6.07, 6.45) is 6.30. The molecule has 26 heavy (non-hydrogen) atoms. The van der Waals surface area contributed by atoms with Gasteiger partial charge in [0.15, 0.2) is 0 Å². The summed E-state index contributed by atoms with van der Waals surface area (Å²) in [5.74, 6) is -1.59. The van der Waals surface area contributed by atoms with Crippen molar-refractivity contribution < 1.29 is 23.8 Å². The van der Waals surface area contributed by atoms with Crippen molar-refractivity contribution in [2.24, 2.45) is 11.8 Å². The molecular weight excluding hydrogens is 337 g/mol. The van der Waals surface area contributed by atoms with Crippen LogP contribution in [0.25, 0.3) is 0 Å². The van der Waals surface area contributed by atoms with Gasteiger partial charge in [-0.25, -0.2) is 4.39 Å². The third-order valence-corrected chi connectivity index (χ3v) is 5.27. The highest BCUT2D eigenvalue weighted by Gasteiger charge is 2.31. The Bertz CT molecular complexity index is 659. The highest BCUT2D eigenvalue weighted by Crippen LogP contribution is 2.29. The van der Waals surface area contributed by atoms with Crippen LogP contribution in [0, 0.1) is 17.7 Å². The number of benzene rings is 1. The molecule has 1 aromatic rings. The molecule has 1 aromatic carbocycles. The third-order valence-electron chi connectivity index (χ3n) is 5.27. The van der Waals surface area contributed by atoms with E-state index in [1.165, 1.54) is 18.2 Å². The van der Waals surface area contributed by atoms with Crippen molar-refractivity contribution in [1.29, 1.82) is 0 Å². The fraction of sp³-hybridized carbons (Fsp3) is 0.600. The standard InChI is InChI=1S/C20H26FNO4/c21-17-9-8-14(10-15(17)12-26-11-13-6-7-13)19(23)22-18-5-3-1-2-4-16(18)20(24)25/h8-10,13,16,18H,1-7,11-12H2,(H,22,23)(H,24,25)/t16-,18+/m0/s1. The van der Waals surface area contributed by atoms with E-state index in [1.807, 2.05) is 0 Å². The second kappa shape index (κ2) is 8.62. The zero-order valence-corrected chi connectivity index (χ0v) is 14.9. The second-order valence-corrected chi connectivity index (χ2v) is 7.43. The number of hydrogen-bond donors (Lipinski definition) is 2. The van der Waals surface area contributed by atoms with E-state index in [9.17, 15) is 19.1 Å². The summed E-state index contributed by atoms with van der Waals surface area (Å²) >= 11 is 0. The summed E-state index contributed by atoms with van der Waals surface area (Å²) in [5.41, 5.74) is 0.693. The van der Waals surface area contributed by atoms with Crippen molar-refractivity contribution in [2.75, 3.05) is 6.61 Å². The van der Waals surface area contributed by atoms with E-state index in [4.69, 9.17) is 4.74 Å². The van der Waals surface area contributed by atoms with Gasteiger partial charge in [-0.15, -0.1) is 0 Å². The zero-order chi connectivity index (χ0) is 18.5. The molecular formula is C20H26FNO4. The minimum absolute atomic E-state index is 0.143. The molecule has 0 aromatic heterocycles. The van der Waals surface area contributed by atoms with Crippen molar-refractivity contribution in [3.05, 3.63) is 35.1 Å². The zero-order valence-electron chi connectivity index (χ0n) is 14.9. The average molecular weight is 363 g/mol. The topological polar surface area (TPSA) is 75.6 Å². The Morgan fingerprint density at radius 2 is 1.92 bits per heavy atom. The molecule has 2 N–H and O–H groups in total. The van der Waals surface area contributed by atoms with Crippen molar-refractivity contribution >= 4 is 11.9 Å². The van der Waals surface area contributed by atoms with Crippen molar-refractivity contribution in [2.45, 2.75) is 57.6 Å². The summed E-state index contributed by atoms with van der Waals surface area (Å²) in [6, 6.07) is 3.82. The number of hydrogen-bond acceptors (Lipinski definition) is 3. The first kappa shape index (κ1) is 18.8. The number of carboxylic acids is 1. The van der Waals surface area contributed by atoms with Gasteiger partial charge in [-0.3, -0.25) is 9.59 Å². The van der Waals surface area contributed by atoms with E-state index in [1.54, 1.807) is 0 Å². The summed E-state index contributed by atoms with van der Waals surface area (Å²) in [7, 11) is 0. The van der Waals surface area contributed by atoms with Crippen molar-refractivity contribution in [1.82, 2.24) is 5.32 Å². The Hall–Kier alpha value is -1.95. The van der Waals surface area contributed by atoms with Crippen LogP contribution in [0.3, 0.4) is 0 Å². The molecule has 0 aliphatic heterocycles. The maximum absolute atomic E-state index is 14.0. The number of aliphatic carboxylic acids is 1. The smallest absolute Gasteiger partial charge is 0.308 e. The van der Waals surface area contributed by atoms with Gasteiger partial charge >= 0.3 is 5.97 Å². The van der Waals surface area contributed by atoms with Crippen LogP contribution < -0.4 is 5.32 Å². The Kier molecular flexibility index (Phi) is 6.25. The molecule has 5 nitrogen and oxygen atoms in total. The molecule has 6 heteroatoms.